The fourth-order valence-corrected chi connectivity index (χ4v) is 3.08. The van der Waals surface area contributed by atoms with Gasteiger partial charge >= 0.3 is 5.97 Å². The second kappa shape index (κ2) is 9.31. The molecule has 1 fully saturated rings. The minimum Gasteiger partial charge on any atom is -0.460 e. The monoisotopic (exact) mass is 310 g/mol. The van der Waals surface area contributed by atoms with Crippen molar-refractivity contribution in [2.24, 2.45) is 0 Å². The number of fused-ring (bicyclic) bond motifs is 1. The number of hydrogen-bond donors (Lipinski definition) is 1. The van der Waals surface area contributed by atoms with E-state index in [0.717, 1.165) is 25.7 Å². The van der Waals surface area contributed by atoms with Crippen LogP contribution in [0.25, 0.3) is 0 Å². The molecule has 0 aromatic heterocycles. The van der Waals surface area contributed by atoms with E-state index in [1.54, 1.807) is 6.08 Å². The minimum absolute atomic E-state index is 0.0301. The van der Waals surface area contributed by atoms with Gasteiger partial charge in [0.1, 0.15) is 12.2 Å². The molecule has 0 radical (unpaired) electrons. The Kier molecular flexibility index (Phi) is 7.40. The molecule has 0 amide bonds. The zero-order chi connectivity index (χ0) is 15.8. The van der Waals surface area contributed by atoms with Crippen LogP contribution in [0.15, 0.2) is 12.2 Å². The summed E-state index contributed by atoms with van der Waals surface area (Å²) < 4.78 is 10.8. The van der Waals surface area contributed by atoms with E-state index in [0.29, 0.717) is 0 Å². The highest BCUT2D eigenvalue weighted by Crippen LogP contribution is 2.29. The molecule has 0 aromatic rings. The molecule has 4 nitrogen and oxygen atoms in total. The van der Waals surface area contributed by atoms with Gasteiger partial charge in [0.2, 0.25) is 0 Å². The van der Waals surface area contributed by atoms with Gasteiger partial charge in [-0.05, 0) is 32.3 Å². The average Bonchev–Trinajstić information content (AvgIpc) is 3.25. The number of hydrogen-bond acceptors (Lipinski definition) is 4. The zero-order valence-corrected chi connectivity index (χ0v) is 13.7. The van der Waals surface area contributed by atoms with E-state index in [4.69, 9.17) is 9.47 Å². The van der Waals surface area contributed by atoms with Crippen LogP contribution in [0, 0.1) is 0 Å². The Hall–Kier alpha value is -0.870. The Balaban J connectivity index is 1.80. The van der Waals surface area contributed by atoms with Gasteiger partial charge in [-0.3, -0.25) is 0 Å². The number of aliphatic hydroxyl groups is 1. The number of ether oxygens (including phenoxy) is 2. The molecule has 126 valence electrons. The van der Waals surface area contributed by atoms with Gasteiger partial charge in [0, 0.05) is 6.08 Å². The highest BCUT2D eigenvalue weighted by molar-refractivity contribution is 5.82. The standard InChI is InChI=1S/C18H30O4/c1-14-10-8-6-4-2-3-5-7-9-11-15(19)18-16(22-18)12-13-17(20)21-14/h12-16,18-19H,2-11H2,1H3/b13-12-/t14-,15+,16+,18+/m0/s1. The van der Waals surface area contributed by atoms with Crippen molar-refractivity contribution in [3.63, 3.8) is 0 Å². The molecular formula is C18H30O4. The summed E-state index contributed by atoms with van der Waals surface area (Å²) in [5.74, 6) is -0.308. The van der Waals surface area contributed by atoms with Gasteiger partial charge in [0.15, 0.2) is 0 Å². The molecule has 0 spiro atoms. The normalized spacial score (nSPS) is 37.3. The predicted molar refractivity (Wildman–Crippen MR) is 85.5 cm³/mol. The number of carbonyl (C=O) groups excluding carboxylic acids is 1. The van der Waals surface area contributed by atoms with Gasteiger partial charge in [0.25, 0.3) is 0 Å². The third-order valence-electron chi connectivity index (χ3n) is 4.54. The summed E-state index contributed by atoms with van der Waals surface area (Å²) in [5, 5.41) is 10.0. The third kappa shape index (κ3) is 6.49. The summed E-state index contributed by atoms with van der Waals surface area (Å²) in [6, 6.07) is 0. The van der Waals surface area contributed by atoms with Crippen molar-refractivity contribution in [1.29, 1.82) is 0 Å². The van der Waals surface area contributed by atoms with E-state index >= 15 is 0 Å². The zero-order valence-electron chi connectivity index (χ0n) is 13.7. The third-order valence-corrected chi connectivity index (χ3v) is 4.54. The molecule has 0 unspecified atom stereocenters. The number of esters is 1. The maximum atomic E-state index is 11.7. The SMILES string of the molecule is C[C@H]1CCCCCCCCCC[C@@H](O)[C@H]2O[C@@H]2/C=C\C(=O)O1. The summed E-state index contributed by atoms with van der Waals surface area (Å²) in [5.41, 5.74) is 0. The lowest BCUT2D eigenvalue weighted by Gasteiger charge is -2.11. The van der Waals surface area contributed by atoms with Crippen LogP contribution in [0.1, 0.15) is 71.1 Å². The minimum atomic E-state index is -0.413. The summed E-state index contributed by atoms with van der Waals surface area (Å²) in [7, 11) is 0. The Bertz CT molecular complexity index is 366. The molecule has 22 heavy (non-hydrogen) atoms. The van der Waals surface area contributed by atoms with E-state index in [1.165, 1.54) is 44.6 Å². The number of aliphatic hydroxyl groups excluding tert-OH is 1. The molecule has 0 aromatic carbocycles. The van der Waals surface area contributed by atoms with Crippen molar-refractivity contribution in [2.75, 3.05) is 0 Å². The number of rotatable bonds is 0. The lowest BCUT2D eigenvalue weighted by Crippen LogP contribution is -2.16. The van der Waals surface area contributed by atoms with Crippen LogP contribution in [-0.2, 0) is 14.3 Å². The first-order chi connectivity index (χ1) is 10.7. The second-order valence-electron chi connectivity index (χ2n) is 6.65. The molecule has 2 rings (SSSR count). The average molecular weight is 310 g/mol. The summed E-state index contributed by atoms with van der Waals surface area (Å²) in [4.78, 5) is 11.7. The molecule has 4 heteroatoms. The topological polar surface area (TPSA) is 59.1 Å². The first-order valence-corrected chi connectivity index (χ1v) is 8.89. The van der Waals surface area contributed by atoms with E-state index < -0.39 is 6.10 Å². The van der Waals surface area contributed by atoms with Crippen LogP contribution in [0.4, 0.5) is 0 Å². The van der Waals surface area contributed by atoms with Gasteiger partial charge in [-0.15, -0.1) is 0 Å². The van der Waals surface area contributed by atoms with Crippen LogP contribution in [0.3, 0.4) is 0 Å². The number of epoxide rings is 1. The lowest BCUT2D eigenvalue weighted by molar-refractivity contribution is -0.142. The van der Waals surface area contributed by atoms with Crippen LogP contribution in [0.5, 0.6) is 0 Å². The Morgan fingerprint density at radius 3 is 2.27 bits per heavy atom. The van der Waals surface area contributed by atoms with E-state index in [1.807, 2.05) is 6.92 Å². The molecule has 1 N–H and O–H groups in total. The quantitative estimate of drug-likeness (QED) is 0.549. The fraction of sp³-hybridized carbons (Fsp3) is 0.833. The predicted octanol–water partition coefficient (Wildman–Crippen LogP) is 3.52. The maximum Gasteiger partial charge on any atom is 0.330 e. The highest BCUT2D eigenvalue weighted by Gasteiger charge is 2.42. The molecule has 0 saturated carbocycles. The summed E-state index contributed by atoms with van der Waals surface area (Å²) in [6.07, 6.45) is 13.8. The first-order valence-electron chi connectivity index (χ1n) is 8.89. The van der Waals surface area contributed by atoms with Crippen molar-refractivity contribution in [3.8, 4) is 0 Å². The molecule has 0 aliphatic carbocycles. The molecule has 4 atom stereocenters. The van der Waals surface area contributed by atoms with Crippen LogP contribution >= 0.6 is 0 Å². The van der Waals surface area contributed by atoms with Gasteiger partial charge < -0.3 is 14.6 Å². The molecule has 2 aliphatic rings. The number of cyclic esters (lactones) is 1. The smallest absolute Gasteiger partial charge is 0.330 e. The van der Waals surface area contributed by atoms with Crippen LogP contribution in [0.2, 0.25) is 0 Å². The summed E-state index contributed by atoms with van der Waals surface area (Å²) in [6.45, 7) is 1.95. The van der Waals surface area contributed by atoms with Gasteiger partial charge in [-0.25, -0.2) is 4.79 Å². The van der Waals surface area contributed by atoms with Crippen molar-refractivity contribution in [3.05, 3.63) is 12.2 Å². The Labute approximate surface area is 133 Å². The molecule has 2 aliphatic heterocycles. The summed E-state index contributed by atoms with van der Waals surface area (Å²) >= 11 is 0. The van der Waals surface area contributed by atoms with Gasteiger partial charge in [-0.1, -0.05) is 44.9 Å². The van der Waals surface area contributed by atoms with Gasteiger partial charge in [-0.2, -0.15) is 0 Å². The molecule has 1 saturated heterocycles. The second-order valence-corrected chi connectivity index (χ2v) is 6.65. The Morgan fingerprint density at radius 1 is 1.00 bits per heavy atom. The van der Waals surface area contributed by atoms with Crippen molar-refractivity contribution in [2.45, 2.75) is 95.5 Å². The molecule has 2 heterocycles. The van der Waals surface area contributed by atoms with E-state index in [2.05, 4.69) is 0 Å². The van der Waals surface area contributed by atoms with E-state index in [9.17, 15) is 9.90 Å². The van der Waals surface area contributed by atoms with Gasteiger partial charge in [0.05, 0.1) is 12.2 Å². The van der Waals surface area contributed by atoms with Crippen molar-refractivity contribution >= 4 is 5.97 Å². The number of carbonyl (C=O) groups is 1. The van der Waals surface area contributed by atoms with Crippen LogP contribution < -0.4 is 0 Å². The van der Waals surface area contributed by atoms with Crippen molar-refractivity contribution < 1.29 is 19.4 Å². The molecular weight excluding hydrogens is 280 g/mol. The maximum absolute atomic E-state index is 11.7. The largest absolute Gasteiger partial charge is 0.460 e. The van der Waals surface area contributed by atoms with Crippen LogP contribution in [-0.4, -0.2) is 35.5 Å². The highest BCUT2D eigenvalue weighted by atomic mass is 16.6. The lowest BCUT2D eigenvalue weighted by atomic mass is 10.0. The fourth-order valence-electron chi connectivity index (χ4n) is 3.08. The Morgan fingerprint density at radius 2 is 1.59 bits per heavy atom. The van der Waals surface area contributed by atoms with E-state index in [-0.39, 0.29) is 24.3 Å². The molecule has 0 bridgehead atoms. The first kappa shape index (κ1) is 17.5. The van der Waals surface area contributed by atoms with Crippen molar-refractivity contribution in [1.82, 2.24) is 0 Å².